The Hall–Kier alpha value is -0.650. The zero-order valence-electron chi connectivity index (χ0n) is 12.6. The van der Waals surface area contributed by atoms with E-state index >= 15 is 0 Å². The normalized spacial score (nSPS) is 13.7. The fraction of sp³-hybridized carbons (Fsp3) is 0.923. The Morgan fingerprint density at radius 2 is 2.00 bits per heavy atom. The van der Waals surface area contributed by atoms with Crippen LogP contribution in [0.1, 0.15) is 27.2 Å². The van der Waals surface area contributed by atoms with Crippen LogP contribution in [-0.4, -0.2) is 63.4 Å². The van der Waals surface area contributed by atoms with Crippen LogP contribution in [0, 0.1) is 0 Å². The molecular weight excluding hydrogens is 232 g/mol. The topological polar surface area (TPSA) is 50.8 Å². The first-order valence-electron chi connectivity index (χ1n) is 6.42. The molecule has 0 aromatic heterocycles. The van der Waals surface area contributed by atoms with Crippen molar-refractivity contribution in [2.75, 3.05) is 40.9 Å². The molecule has 0 heterocycles. The number of carbonyl (C=O) groups excluding carboxylic acids is 1. The molecule has 0 fully saturated rings. The minimum Gasteiger partial charge on any atom is -0.465 e. The Bertz CT molecular complexity index is 242. The molecule has 0 aromatic rings. The number of rotatable bonds is 9. The lowest BCUT2D eigenvalue weighted by Gasteiger charge is -2.28. The van der Waals surface area contributed by atoms with Gasteiger partial charge in [0.1, 0.15) is 6.04 Å². The van der Waals surface area contributed by atoms with Crippen LogP contribution in [-0.2, 0) is 14.3 Å². The average Bonchev–Trinajstić information content (AvgIpc) is 2.27. The van der Waals surface area contributed by atoms with Crippen LogP contribution in [0.25, 0.3) is 0 Å². The van der Waals surface area contributed by atoms with Crippen LogP contribution in [0.4, 0.5) is 0 Å². The van der Waals surface area contributed by atoms with Gasteiger partial charge in [-0.2, -0.15) is 0 Å². The number of methoxy groups -OCH3 is 1. The summed E-state index contributed by atoms with van der Waals surface area (Å²) in [5, 5.41) is 3.23. The van der Waals surface area contributed by atoms with Gasteiger partial charge < -0.3 is 19.7 Å². The van der Waals surface area contributed by atoms with Crippen molar-refractivity contribution in [3.63, 3.8) is 0 Å². The van der Waals surface area contributed by atoms with Gasteiger partial charge in [0.05, 0.1) is 12.2 Å². The molecule has 1 unspecified atom stereocenters. The van der Waals surface area contributed by atoms with Crippen molar-refractivity contribution in [2.45, 2.75) is 38.8 Å². The minimum atomic E-state index is -0.345. The summed E-state index contributed by atoms with van der Waals surface area (Å²) in [6, 6.07) is -0.320. The molecule has 108 valence electrons. The Morgan fingerprint density at radius 1 is 1.39 bits per heavy atom. The van der Waals surface area contributed by atoms with Crippen LogP contribution >= 0.6 is 0 Å². The lowest BCUT2D eigenvalue weighted by molar-refractivity contribution is -0.147. The molecule has 0 saturated heterocycles. The number of hydrogen-bond donors (Lipinski definition) is 1. The van der Waals surface area contributed by atoms with Crippen molar-refractivity contribution < 1.29 is 14.3 Å². The third kappa shape index (κ3) is 7.63. The number of carbonyl (C=O) groups is 1. The van der Waals surface area contributed by atoms with E-state index in [9.17, 15) is 4.79 Å². The largest absolute Gasteiger partial charge is 0.465 e. The van der Waals surface area contributed by atoms with E-state index < -0.39 is 0 Å². The highest BCUT2D eigenvalue weighted by atomic mass is 16.5. The van der Waals surface area contributed by atoms with E-state index in [0.29, 0.717) is 13.0 Å². The van der Waals surface area contributed by atoms with E-state index in [0.717, 1.165) is 13.1 Å². The van der Waals surface area contributed by atoms with E-state index in [1.807, 2.05) is 34.9 Å². The maximum absolute atomic E-state index is 11.9. The summed E-state index contributed by atoms with van der Waals surface area (Å²) in [5.41, 5.74) is -0.345. The zero-order valence-corrected chi connectivity index (χ0v) is 12.6. The number of likely N-dealkylation sites (N-methyl/N-ethyl adjacent to an activating group) is 1. The minimum absolute atomic E-state index is 0.207. The predicted molar refractivity (Wildman–Crippen MR) is 72.7 cm³/mol. The highest BCUT2D eigenvalue weighted by Crippen LogP contribution is 2.16. The van der Waals surface area contributed by atoms with Crippen LogP contribution in [0.3, 0.4) is 0 Å². The summed E-state index contributed by atoms with van der Waals surface area (Å²) in [7, 11) is 5.66. The molecule has 18 heavy (non-hydrogen) atoms. The summed E-state index contributed by atoms with van der Waals surface area (Å²) < 4.78 is 10.4. The van der Waals surface area contributed by atoms with Gasteiger partial charge in [-0.25, -0.2) is 0 Å². The van der Waals surface area contributed by atoms with Gasteiger partial charge in [0.15, 0.2) is 0 Å². The Labute approximate surface area is 111 Å². The fourth-order valence-electron chi connectivity index (χ4n) is 1.52. The first kappa shape index (κ1) is 17.4. The Morgan fingerprint density at radius 3 is 2.44 bits per heavy atom. The number of hydrogen-bond acceptors (Lipinski definition) is 5. The number of ether oxygens (including phenoxy) is 2. The Kier molecular flexibility index (Phi) is 8.15. The summed E-state index contributed by atoms with van der Waals surface area (Å²) in [5.74, 6) is -0.207. The van der Waals surface area contributed by atoms with Gasteiger partial charge in [0.2, 0.25) is 0 Å². The quantitative estimate of drug-likeness (QED) is 0.624. The second kappa shape index (κ2) is 8.45. The Balaban J connectivity index is 4.38. The van der Waals surface area contributed by atoms with E-state index in [4.69, 9.17) is 9.47 Å². The third-order valence-corrected chi connectivity index (χ3v) is 2.77. The second-order valence-electron chi connectivity index (χ2n) is 5.23. The van der Waals surface area contributed by atoms with Crippen molar-refractivity contribution in [2.24, 2.45) is 0 Å². The molecule has 1 N–H and O–H groups in total. The maximum atomic E-state index is 11.9. The van der Waals surface area contributed by atoms with Crippen molar-refractivity contribution in [3.05, 3.63) is 0 Å². The number of esters is 1. The molecule has 0 amide bonds. The van der Waals surface area contributed by atoms with E-state index in [2.05, 4.69) is 10.2 Å². The highest BCUT2D eigenvalue weighted by Gasteiger charge is 2.28. The molecule has 5 nitrogen and oxygen atoms in total. The third-order valence-electron chi connectivity index (χ3n) is 2.77. The monoisotopic (exact) mass is 260 g/mol. The standard InChI is InChI=1S/C13H28N2O3/c1-7-18-12(16)11(10-13(2,3)17-6)14-8-9-15(4)5/h11,14H,7-10H2,1-6H3. The molecular formula is C13H28N2O3. The molecule has 0 aliphatic rings. The van der Waals surface area contributed by atoms with Crippen LogP contribution in [0.2, 0.25) is 0 Å². The SMILES string of the molecule is CCOC(=O)C(CC(C)(C)OC)NCCN(C)C. The van der Waals surface area contributed by atoms with Crippen LogP contribution in [0.5, 0.6) is 0 Å². The van der Waals surface area contributed by atoms with E-state index in [1.165, 1.54) is 0 Å². The maximum Gasteiger partial charge on any atom is 0.323 e. The smallest absolute Gasteiger partial charge is 0.323 e. The van der Waals surface area contributed by atoms with Crippen molar-refractivity contribution in [1.82, 2.24) is 10.2 Å². The molecule has 0 saturated carbocycles. The first-order valence-corrected chi connectivity index (χ1v) is 6.42. The van der Waals surface area contributed by atoms with E-state index in [1.54, 1.807) is 7.11 Å². The summed E-state index contributed by atoms with van der Waals surface area (Å²) >= 11 is 0. The van der Waals surface area contributed by atoms with Crippen LogP contribution < -0.4 is 5.32 Å². The fourth-order valence-corrected chi connectivity index (χ4v) is 1.52. The number of nitrogens with one attached hydrogen (secondary N) is 1. The van der Waals surface area contributed by atoms with Gasteiger partial charge in [0, 0.05) is 26.6 Å². The molecule has 0 spiro atoms. The molecule has 0 rings (SSSR count). The molecule has 5 heteroatoms. The molecule has 0 aromatic carbocycles. The molecule has 0 aliphatic carbocycles. The van der Waals surface area contributed by atoms with Gasteiger partial charge in [-0.15, -0.1) is 0 Å². The van der Waals surface area contributed by atoms with Gasteiger partial charge in [-0.1, -0.05) is 0 Å². The summed E-state index contributed by atoms with van der Waals surface area (Å²) in [6.07, 6.45) is 0.593. The van der Waals surface area contributed by atoms with Gasteiger partial charge in [0.25, 0.3) is 0 Å². The first-order chi connectivity index (χ1) is 8.32. The molecule has 0 bridgehead atoms. The van der Waals surface area contributed by atoms with Crippen molar-refractivity contribution in [3.8, 4) is 0 Å². The van der Waals surface area contributed by atoms with Gasteiger partial charge >= 0.3 is 5.97 Å². The van der Waals surface area contributed by atoms with Gasteiger partial charge in [-0.05, 0) is 34.9 Å². The lowest BCUT2D eigenvalue weighted by atomic mass is 9.99. The highest BCUT2D eigenvalue weighted by molar-refractivity contribution is 5.75. The average molecular weight is 260 g/mol. The second-order valence-corrected chi connectivity index (χ2v) is 5.23. The lowest BCUT2D eigenvalue weighted by Crippen LogP contribution is -2.45. The van der Waals surface area contributed by atoms with Gasteiger partial charge in [-0.3, -0.25) is 4.79 Å². The van der Waals surface area contributed by atoms with Crippen LogP contribution in [0.15, 0.2) is 0 Å². The molecule has 0 aliphatic heterocycles. The summed E-state index contributed by atoms with van der Waals surface area (Å²) in [6.45, 7) is 7.77. The summed E-state index contributed by atoms with van der Waals surface area (Å²) in [4.78, 5) is 13.9. The van der Waals surface area contributed by atoms with Crippen molar-refractivity contribution in [1.29, 1.82) is 0 Å². The van der Waals surface area contributed by atoms with E-state index in [-0.39, 0.29) is 17.6 Å². The molecule has 1 atom stereocenters. The zero-order chi connectivity index (χ0) is 14.2. The predicted octanol–water partition coefficient (Wildman–Crippen LogP) is 0.884. The number of nitrogens with zero attached hydrogens (tertiary/aromatic N) is 1. The van der Waals surface area contributed by atoms with Crippen molar-refractivity contribution >= 4 is 5.97 Å². The molecule has 0 radical (unpaired) electrons.